The van der Waals surface area contributed by atoms with Crippen molar-refractivity contribution in [3.05, 3.63) is 53.2 Å². The molecule has 1 amide bonds. The van der Waals surface area contributed by atoms with Gasteiger partial charge in [0.2, 0.25) is 5.88 Å². The van der Waals surface area contributed by atoms with Crippen LogP contribution in [-0.2, 0) is 28.1 Å². The Morgan fingerprint density at radius 2 is 1.76 bits per heavy atom. The van der Waals surface area contributed by atoms with E-state index in [1.165, 1.54) is 29.9 Å². The van der Waals surface area contributed by atoms with Crippen LogP contribution in [0.3, 0.4) is 0 Å². The predicted molar refractivity (Wildman–Crippen MR) is 131 cm³/mol. The molecule has 0 bridgehead atoms. The van der Waals surface area contributed by atoms with Gasteiger partial charge in [-0.25, -0.2) is 13.1 Å². The Labute approximate surface area is 218 Å². The van der Waals surface area contributed by atoms with E-state index in [4.69, 9.17) is 9.47 Å². The first-order chi connectivity index (χ1) is 17.5. The van der Waals surface area contributed by atoms with Gasteiger partial charge in [0.25, 0.3) is 5.91 Å². The van der Waals surface area contributed by atoms with Crippen LogP contribution < -0.4 is 14.8 Å². The molecule has 0 aromatic carbocycles. The summed E-state index contributed by atoms with van der Waals surface area (Å²) >= 11 is 0. The maximum Gasteiger partial charge on any atom is 0.423 e. The molecule has 1 N–H and O–H groups in total. The second-order valence-corrected chi connectivity index (χ2v) is 11.4. The van der Waals surface area contributed by atoms with Gasteiger partial charge in [0, 0.05) is 18.0 Å². The molecule has 3 heterocycles. The highest BCUT2D eigenvalue weighted by Crippen LogP contribution is 2.44. The zero-order chi connectivity index (χ0) is 28.5. The summed E-state index contributed by atoms with van der Waals surface area (Å²) in [6, 6.07) is 2.83. The summed E-state index contributed by atoms with van der Waals surface area (Å²) in [6.45, 7) is 8.25. The second-order valence-electron chi connectivity index (χ2n) is 9.35. The first-order valence-electron chi connectivity index (χ1n) is 11.4. The van der Waals surface area contributed by atoms with Crippen LogP contribution in [0.2, 0.25) is 0 Å². The zero-order valence-corrected chi connectivity index (χ0v) is 22.5. The minimum absolute atomic E-state index is 0.0106. The van der Waals surface area contributed by atoms with E-state index in [-0.39, 0.29) is 35.2 Å². The number of rotatable bonds is 8. The third kappa shape index (κ3) is 6.41. The number of amides is 1. The van der Waals surface area contributed by atoms with Gasteiger partial charge in [0.15, 0.2) is 27.0 Å². The zero-order valence-electron chi connectivity index (χ0n) is 21.7. The second kappa shape index (κ2) is 10.6. The van der Waals surface area contributed by atoms with E-state index in [1.54, 1.807) is 27.7 Å². The van der Waals surface area contributed by atoms with Gasteiger partial charge in [-0.15, -0.1) is 0 Å². The Kier molecular flexibility index (Phi) is 8.05. The molecule has 206 valence electrons. The quantitative estimate of drug-likeness (QED) is 0.437. The molecule has 0 saturated carbocycles. The van der Waals surface area contributed by atoms with Crippen LogP contribution in [-0.4, -0.2) is 46.9 Å². The van der Waals surface area contributed by atoms with Gasteiger partial charge < -0.3 is 14.8 Å². The average Bonchev–Trinajstić information content (AvgIpc) is 3.13. The summed E-state index contributed by atoms with van der Waals surface area (Å²) in [5.41, 5.74) is -1.38. The Morgan fingerprint density at radius 3 is 2.29 bits per heavy atom. The van der Waals surface area contributed by atoms with Crippen molar-refractivity contribution in [3.8, 4) is 17.4 Å². The summed E-state index contributed by atoms with van der Waals surface area (Å²) in [5, 5.41) is 6.97. The van der Waals surface area contributed by atoms with Crippen LogP contribution in [0.25, 0.3) is 0 Å². The van der Waals surface area contributed by atoms with Crippen molar-refractivity contribution in [2.24, 2.45) is 0 Å². The van der Waals surface area contributed by atoms with Gasteiger partial charge in [-0.2, -0.15) is 18.3 Å². The molecule has 0 saturated heterocycles. The van der Waals surface area contributed by atoms with Crippen LogP contribution in [0, 0.1) is 6.92 Å². The summed E-state index contributed by atoms with van der Waals surface area (Å²) in [5.74, 6) is -1.77. The van der Waals surface area contributed by atoms with Crippen LogP contribution in [0.1, 0.15) is 55.0 Å². The molecule has 0 aliphatic carbocycles. The van der Waals surface area contributed by atoms with Gasteiger partial charge in [-0.05, 0) is 46.8 Å². The van der Waals surface area contributed by atoms with Gasteiger partial charge in [0.05, 0.1) is 41.7 Å². The van der Waals surface area contributed by atoms with Crippen molar-refractivity contribution in [3.63, 3.8) is 0 Å². The highest BCUT2D eigenvalue weighted by molar-refractivity contribution is 7.90. The molecule has 0 aliphatic rings. The van der Waals surface area contributed by atoms with E-state index in [2.05, 4.69) is 20.4 Å². The minimum atomic E-state index is -4.80. The summed E-state index contributed by atoms with van der Waals surface area (Å²) in [6.07, 6.45) is -0.673. The fourth-order valence-corrected chi connectivity index (χ4v) is 3.97. The lowest BCUT2D eigenvalue weighted by atomic mass is 10.1. The van der Waals surface area contributed by atoms with Crippen molar-refractivity contribution in [2.75, 3.05) is 12.9 Å². The molecule has 0 radical (unpaired) electrons. The summed E-state index contributed by atoms with van der Waals surface area (Å²) in [7, 11) is -3.42. The van der Waals surface area contributed by atoms with Gasteiger partial charge in [-0.3, -0.25) is 14.8 Å². The van der Waals surface area contributed by atoms with Crippen LogP contribution in [0.5, 0.6) is 17.4 Å². The van der Waals surface area contributed by atoms with Crippen molar-refractivity contribution < 1.29 is 35.9 Å². The SMILES string of the molecule is CCOc1cncc(Oc2c(C)c(C(=O)NCc3ccc(S(C)(=O)=O)cn3)nn2C(C)(C)C)c1C(F)(F)F. The van der Waals surface area contributed by atoms with Crippen LogP contribution in [0.4, 0.5) is 13.2 Å². The van der Waals surface area contributed by atoms with Gasteiger partial charge in [0.1, 0.15) is 5.56 Å². The Hall–Kier alpha value is -3.68. The number of alkyl halides is 3. The normalized spacial score (nSPS) is 12.3. The van der Waals surface area contributed by atoms with Crippen molar-refractivity contribution >= 4 is 15.7 Å². The number of ether oxygens (including phenoxy) is 2. The van der Waals surface area contributed by atoms with E-state index >= 15 is 0 Å². The first kappa shape index (κ1) is 28.9. The molecule has 0 fully saturated rings. The van der Waals surface area contributed by atoms with Gasteiger partial charge >= 0.3 is 6.18 Å². The number of carbonyl (C=O) groups excluding carboxylic acids is 1. The maximum absolute atomic E-state index is 13.9. The topological polar surface area (TPSA) is 125 Å². The summed E-state index contributed by atoms with van der Waals surface area (Å²) < 4.78 is 77.2. The van der Waals surface area contributed by atoms with E-state index in [9.17, 15) is 26.4 Å². The van der Waals surface area contributed by atoms with E-state index in [1.807, 2.05) is 0 Å². The number of hydrogen-bond donors (Lipinski definition) is 1. The minimum Gasteiger partial charge on any atom is -0.491 e. The van der Waals surface area contributed by atoms with E-state index < -0.39 is 44.5 Å². The summed E-state index contributed by atoms with van der Waals surface area (Å²) in [4.78, 5) is 20.9. The third-order valence-corrected chi connectivity index (χ3v) is 6.34. The number of nitrogens with zero attached hydrogens (tertiary/aromatic N) is 4. The molecule has 10 nitrogen and oxygen atoms in total. The fraction of sp³-hybridized carbons (Fsp3) is 0.417. The monoisotopic (exact) mass is 555 g/mol. The van der Waals surface area contributed by atoms with E-state index in [0.717, 1.165) is 18.6 Å². The van der Waals surface area contributed by atoms with Crippen LogP contribution in [0.15, 0.2) is 35.6 Å². The molecular weight excluding hydrogens is 527 g/mol. The Balaban J connectivity index is 1.96. The molecule has 0 aliphatic heterocycles. The largest absolute Gasteiger partial charge is 0.491 e. The number of carbonyl (C=O) groups is 1. The van der Waals surface area contributed by atoms with Crippen molar-refractivity contribution in [2.45, 2.75) is 57.8 Å². The highest BCUT2D eigenvalue weighted by Gasteiger charge is 2.40. The fourth-order valence-electron chi connectivity index (χ4n) is 3.41. The maximum atomic E-state index is 13.9. The Bertz CT molecular complexity index is 1430. The molecule has 14 heteroatoms. The average molecular weight is 556 g/mol. The molecule has 0 atom stereocenters. The van der Waals surface area contributed by atoms with Gasteiger partial charge in [-0.1, -0.05) is 0 Å². The van der Waals surface area contributed by atoms with Crippen molar-refractivity contribution in [1.29, 1.82) is 0 Å². The molecule has 0 spiro atoms. The highest BCUT2D eigenvalue weighted by atomic mass is 32.2. The van der Waals surface area contributed by atoms with Crippen molar-refractivity contribution in [1.82, 2.24) is 25.1 Å². The van der Waals surface area contributed by atoms with Crippen LogP contribution >= 0.6 is 0 Å². The number of hydrogen-bond acceptors (Lipinski definition) is 8. The third-order valence-electron chi connectivity index (χ3n) is 5.24. The standard InChI is InChI=1S/C24H28F3N5O5S/c1-7-36-17-12-28-13-18(19(17)24(25,26)27)37-22-14(2)20(31-32(22)23(3,4)5)21(33)30-10-15-8-9-16(11-29-15)38(6,34)35/h8-9,11-13H,7,10H2,1-6H3,(H,30,33). The van der Waals surface area contributed by atoms with E-state index in [0.29, 0.717) is 5.69 Å². The molecule has 3 aromatic rings. The molecule has 0 unspecified atom stereocenters. The molecule has 3 rings (SSSR count). The lowest BCUT2D eigenvalue weighted by molar-refractivity contribution is -0.140. The smallest absolute Gasteiger partial charge is 0.423 e. The molecule has 3 aromatic heterocycles. The predicted octanol–water partition coefficient (Wildman–Crippen LogP) is 4.28. The lowest BCUT2D eigenvalue weighted by Crippen LogP contribution is -2.27. The number of nitrogens with one attached hydrogen (secondary N) is 1. The number of halogens is 3. The number of sulfone groups is 1. The molecular formula is C24H28F3N5O5S. The first-order valence-corrected chi connectivity index (χ1v) is 13.3. The number of pyridine rings is 2. The molecule has 38 heavy (non-hydrogen) atoms. The Morgan fingerprint density at radius 1 is 1.11 bits per heavy atom. The number of aromatic nitrogens is 4. The lowest BCUT2D eigenvalue weighted by Gasteiger charge is -2.23.